The van der Waals surface area contributed by atoms with Crippen LogP contribution in [-0.2, 0) is 16.5 Å². The number of rotatable bonds is 14. The van der Waals surface area contributed by atoms with Gasteiger partial charge in [0.15, 0.2) is 0 Å². The molecule has 5 heteroatoms. The van der Waals surface area contributed by atoms with Gasteiger partial charge >= 0.3 is 0 Å². The number of benzene rings is 2. The van der Waals surface area contributed by atoms with E-state index in [1.165, 1.54) is 51.0 Å². The average Bonchev–Trinajstić information content (AvgIpc) is 2.70. The number of hydrogen-bond donors (Lipinski definition) is 1. The van der Waals surface area contributed by atoms with Crippen molar-refractivity contribution >= 4 is 10.1 Å². The first-order valence-corrected chi connectivity index (χ1v) is 12.3. The first-order chi connectivity index (χ1) is 14.0. The highest BCUT2D eigenvalue weighted by Crippen LogP contribution is 2.31. The van der Waals surface area contributed by atoms with E-state index in [1.54, 1.807) is 12.1 Å². The van der Waals surface area contributed by atoms with Gasteiger partial charge in [0, 0.05) is 5.56 Å². The molecule has 0 heterocycles. The summed E-state index contributed by atoms with van der Waals surface area (Å²) in [4.78, 5) is -0.0538. The van der Waals surface area contributed by atoms with Gasteiger partial charge in [-0.15, -0.1) is 0 Å². The zero-order valence-electron chi connectivity index (χ0n) is 17.5. The maximum absolute atomic E-state index is 11.8. The third-order valence-electron chi connectivity index (χ3n) is 5.12. The first kappa shape index (κ1) is 23.4. The fourth-order valence-corrected chi connectivity index (χ4v) is 4.30. The van der Waals surface area contributed by atoms with Gasteiger partial charge in [-0.2, -0.15) is 8.42 Å². The standard InChI is InChI=1S/C24H34O4S/c1-2-3-4-5-6-7-8-9-10-14-18-22-23(28-21-16-12-11-13-17-21)19-15-20-24(22)29(25,26)27/h11-13,15-17,19-20H,2-10,14,18H2,1H3,(H,25,26,27). The van der Waals surface area contributed by atoms with Crippen molar-refractivity contribution in [2.45, 2.75) is 82.4 Å². The monoisotopic (exact) mass is 418 g/mol. The summed E-state index contributed by atoms with van der Waals surface area (Å²) < 4.78 is 39.2. The van der Waals surface area contributed by atoms with Crippen molar-refractivity contribution < 1.29 is 17.7 Å². The Labute approximate surface area is 176 Å². The second-order valence-corrected chi connectivity index (χ2v) is 8.94. The van der Waals surface area contributed by atoms with Crippen molar-refractivity contribution in [1.82, 2.24) is 0 Å². The highest BCUT2D eigenvalue weighted by Gasteiger charge is 2.19. The molecule has 0 fully saturated rings. The molecule has 0 aliphatic rings. The predicted molar refractivity (Wildman–Crippen MR) is 118 cm³/mol. The van der Waals surface area contributed by atoms with Crippen molar-refractivity contribution in [3.05, 3.63) is 54.1 Å². The van der Waals surface area contributed by atoms with Gasteiger partial charge in [0.1, 0.15) is 16.4 Å². The van der Waals surface area contributed by atoms with Gasteiger partial charge in [0.05, 0.1) is 0 Å². The Morgan fingerprint density at radius 2 is 1.34 bits per heavy atom. The van der Waals surface area contributed by atoms with Gasteiger partial charge in [-0.05, 0) is 37.1 Å². The molecule has 0 unspecified atom stereocenters. The van der Waals surface area contributed by atoms with E-state index in [4.69, 9.17) is 4.74 Å². The van der Waals surface area contributed by atoms with Crippen molar-refractivity contribution in [3.8, 4) is 11.5 Å². The van der Waals surface area contributed by atoms with Crippen LogP contribution in [0.3, 0.4) is 0 Å². The summed E-state index contributed by atoms with van der Waals surface area (Å²) in [6, 6.07) is 14.1. The molecule has 0 amide bonds. The molecule has 0 spiro atoms. The lowest BCUT2D eigenvalue weighted by atomic mass is 10.0. The van der Waals surface area contributed by atoms with Crippen molar-refractivity contribution in [1.29, 1.82) is 0 Å². The van der Waals surface area contributed by atoms with Gasteiger partial charge in [-0.25, -0.2) is 0 Å². The summed E-state index contributed by atoms with van der Waals surface area (Å²) in [6.45, 7) is 2.23. The molecule has 1 N–H and O–H groups in total. The average molecular weight is 419 g/mol. The van der Waals surface area contributed by atoms with E-state index in [9.17, 15) is 13.0 Å². The molecule has 29 heavy (non-hydrogen) atoms. The number of ether oxygens (including phenoxy) is 1. The molecule has 0 saturated carbocycles. The lowest BCUT2D eigenvalue weighted by molar-refractivity contribution is 0.462. The van der Waals surface area contributed by atoms with Crippen LogP contribution in [0.1, 0.15) is 76.7 Å². The zero-order valence-corrected chi connectivity index (χ0v) is 18.3. The maximum atomic E-state index is 11.8. The van der Waals surface area contributed by atoms with Gasteiger partial charge in [-0.3, -0.25) is 4.55 Å². The molecule has 160 valence electrons. The van der Waals surface area contributed by atoms with Crippen LogP contribution >= 0.6 is 0 Å². The Kier molecular flexibility index (Phi) is 10.2. The highest BCUT2D eigenvalue weighted by atomic mass is 32.2. The predicted octanol–water partition coefficient (Wildman–Crippen LogP) is 7.19. The van der Waals surface area contributed by atoms with E-state index in [2.05, 4.69) is 6.92 Å². The lowest BCUT2D eigenvalue weighted by Gasteiger charge is -2.14. The van der Waals surface area contributed by atoms with Crippen molar-refractivity contribution in [3.63, 3.8) is 0 Å². The van der Waals surface area contributed by atoms with Crippen LogP contribution in [-0.4, -0.2) is 13.0 Å². The minimum Gasteiger partial charge on any atom is -0.457 e. The molecule has 0 aliphatic heterocycles. The molecule has 0 bridgehead atoms. The van der Waals surface area contributed by atoms with E-state index >= 15 is 0 Å². The third-order valence-corrected chi connectivity index (χ3v) is 6.06. The van der Waals surface area contributed by atoms with Crippen LogP contribution in [0.25, 0.3) is 0 Å². The zero-order chi connectivity index (χ0) is 21.0. The Hall–Kier alpha value is -1.85. The fraction of sp³-hybridized carbons (Fsp3) is 0.500. The van der Waals surface area contributed by atoms with E-state index in [0.29, 0.717) is 23.5 Å². The topological polar surface area (TPSA) is 63.6 Å². The Morgan fingerprint density at radius 1 is 0.759 bits per heavy atom. The molecule has 2 aromatic carbocycles. The minimum absolute atomic E-state index is 0.0538. The van der Waals surface area contributed by atoms with Gasteiger partial charge in [0.2, 0.25) is 0 Å². The van der Waals surface area contributed by atoms with Crippen LogP contribution in [0.15, 0.2) is 53.4 Å². The molecule has 0 aliphatic carbocycles. The molecule has 0 saturated heterocycles. The SMILES string of the molecule is CCCCCCCCCCCCc1c(Oc2ccccc2)cccc1S(=O)(=O)O. The summed E-state index contributed by atoms with van der Waals surface area (Å²) in [5.41, 5.74) is 0.554. The molecule has 0 atom stereocenters. The van der Waals surface area contributed by atoms with Crippen molar-refractivity contribution in [2.24, 2.45) is 0 Å². The summed E-state index contributed by atoms with van der Waals surface area (Å²) >= 11 is 0. The molecule has 2 rings (SSSR count). The van der Waals surface area contributed by atoms with E-state index in [0.717, 1.165) is 19.3 Å². The lowest BCUT2D eigenvalue weighted by Crippen LogP contribution is -2.05. The summed E-state index contributed by atoms with van der Waals surface area (Å²) in [6.07, 6.45) is 12.7. The third kappa shape index (κ3) is 8.58. The summed E-state index contributed by atoms with van der Waals surface area (Å²) in [5, 5.41) is 0. The fourth-order valence-electron chi connectivity index (χ4n) is 3.53. The summed E-state index contributed by atoms with van der Waals surface area (Å²) in [5.74, 6) is 1.13. The maximum Gasteiger partial charge on any atom is 0.294 e. The van der Waals surface area contributed by atoms with Crippen LogP contribution < -0.4 is 4.74 Å². The second kappa shape index (κ2) is 12.7. The van der Waals surface area contributed by atoms with E-state index < -0.39 is 10.1 Å². The Bertz CT molecular complexity index is 816. The quantitative estimate of drug-likeness (QED) is 0.260. The van der Waals surface area contributed by atoms with Crippen LogP contribution in [0, 0.1) is 0 Å². The van der Waals surface area contributed by atoms with E-state index in [1.807, 2.05) is 30.3 Å². The number of hydrogen-bond acceptors (Lipinski definition) is 3. The van der Waals surface area contributed by atoms with Crippen molar-refractivity contribution in [2.75, 3.05) is 0 Å². The molecule has 4 nitrogen and oxygen atoms in total. The first-order valence-electron chi connectivity index (χ1n) is 10.8. The van der Waals surface area contributed by atoms with Crippen LogP contribution in [0.5, 0.6) is 11.5 Å². The van der Waals surface area contributed by atoms with Gasteiger partial charge in [-0.1, -0.05) is 89.0 Å². The molecule has 0 radical (unpaired) electrons. The molecule has 2 aromatic rings. The second-order valence-electron chi connectivity index (χ2n) is 7.55. The van der Waals surface area contributed by atoms with E-state index in [-0.39, 0.29) is 4.90 Å². The highest BCUT2D eigenvalue weighted by molar-refractivity contribution is 7.85. The number of unbranched alkanes of at least 4 members (excludes halogenated alkanes) is 9. The normalized spacial score (nSPS) is 11.5. The summed E-state index contributed by atoms with van der Waals surface area (Å²) in [7, 11) is -4.29. The Balaban J connectivity index is 1.90. The minimum atomic E-state index is -4.29. The van der Waals surface area contributed by atoms with Gasteiger partial charge in [0.25, 0.3) is 10.1 Å². The largest absolute Gasteiger partial charge is 0.457 e. The molecule has 0 aromatic heterocycles. The van der Waals surface area contributed by atoms with Crippen LogP contribution in [0.2, 0.25) is 0 Å². The Morgan fingerprint density at radius 3 is 1.93 bits per heavy atom. The van der Waals surface area contributed by atoms with Crippen LogP contribution in [0.4, 0.5) is 0 Å². The molecular formula is C24H34O4S. The van der Waals surface area contributed by atoms with Gasteiger partial charge < -0.3 is 4.74 Å². The molecular weight excluding hydrogens is 384 g/mol. The number of para-hydroxylation sites is 1. The smallest absolute Gasteiger partial charge is 0.294 e.